The molecule has 0 amide bonds. The summed E-state index contributed by atoms with van der Waals surface area (Å²) in [7, 11) is 0. The molecule has 9 heteroatoms. The Morgan fingerprint density at radius 1 is 0.968 bits per heavy atom. The normalized spacial score (nSPS) is 14.4. The monoisotopic (exact) mass is 481 g/mol. The molecule has 0 unspecified atom stereocenters. The van der Waals surface area contributed by atoms with Crippen LogP contribution in [0.3, 0.4) is 0 Å². The van der Waals surface area contributed by atoms with Crippen LogP contribution in [0, 0.1) is 6.92 Å². The van der Waals surface area contributed by atoms with Crippen LogP contribution in [0.25, 0.3) is 0 Å². The maximum Gasteiger partial charge on any atom is 0.250 e. The van der Waals surface area contributed by atoms with E-state index in [4.69, 9.17) is 4.74 Å². The minimum atomic E-state index is 0.377. The minimum Gasteiger partial charge on any atom is -0.378 e. The SMILES string of the molecule is C/C(=N\Nc1nc(Nc2ccc(C)cc2)nc(N2CCOCC2)n1)c1ccc(Br)cc1. The number of aromatic nitrogens is 3. The first-order valence-corrected chi connectivity index (χ1v) is 10.8. The first kappa shape index (κ1) is 21.2. The zero-order valence-corrected chi connectivity index (χ0v) is 19.1. The predicted octanol–water partition coefficient (Wildman–Crippen LogP) is 4.36. The lowest BCUT2D eigenvalue weighted by Gasteiger charge is -2.27. The van der Waals surface area contributed by atoms with Gasteiger partial charge in [0.2, 0.25) is 17.8 Å². The second-order valence-electron chi connectivity index (χ2n) is 7.19. The summed E-state index contributed by atoms with van der Waals surface area (Å²) in [5.74, 6) is 1.42. The molecule has 2 heterocycles. The number of aryl methyl sites for hydroxylation is 1. The van der Waals surface area contributed by atoms with Gasteiger partial charge in [0.25, 0.3) is 0 Å². The Kier molecular flexibility index (Phi) is 6.73. The Labute approximate surface area is 189 Å². The molecule has 1 saturated heterocycles. The highest BCUT2D eigenvalue weighted by atomic mass is 79.9. The molecule has 31 heavy (non-hydrogen) atoms. The van der Waals surface area contributed by atoms with E-state index in [-0.39, 0.29) is 0 Å². The molecule has 2 aromatic carbocycles. The van der Waals surface area contributed by atoms with Crippen LogP contribution in [0.1, 0.15) is 18.1 Å². The molecule has 1 fully saturated rings. The second-order valence-corrected chi connectivity index (χ2v) is 8.10. The van der Waals surface area contributed by atoms with Crippen LogP contribution >= 0.6 is 15.9 Å². The van der Waals surface area contributed by atoms with Gasteiger partial charge in [-0.3, -0.25) is 0 Å². The minimum absolute atomic E-state index is 0.377. The summed E-state index contributed by atoms with van der Waals surface area (Å²) in [5.41, 5.74) is 6.92. The third-order valence-electron chi connectivity index (χ3n) is 4.81. The summed E-state index contributed by atoms with van der Waals surface area (Å²) < 4.78 is 6.48. The fourth-order valence-corrected chi connectivity index (χ4v) is 3.30. The summed E-state index contributed by atoms with van der Waals surface area (Å²) in [5, 5.41) is 7.73. The standard InChI is InChI=1S/C22H24BrN7O/c1-15-3-9-19(10-4-15)24-20-25-21(27-22(26-20)30-11-13-31-14-12-30)29-28-16(2)17-5-7-18(23)8-6-17/h3-10H,11-14H2,1-2H3,(H2,24,25,26,27,29)/b28-16+. The van der Waals surface area contributed by atoms with E-state index in [1.807, 2.05) is 55.5 Å². The Morgan fingerprint density at radius 2 is 1.65 bits per heavy atom. The maximum absolute atomic E-state index is 5.46. The summed E-state index contributed by atoms with van der Waals surface area (Å²) in [6, 6.07) is 16.0. The van der Waals surface area contributed by atoms with Gasteiger partial charge in [0, 0.05) is 23.2 Å². The number of rotatable bonds is 6. The molecule has 0 bridgehead atoms. The van der Waals surface area contributed by atoms with Crippen LogP contribution < -0.4 is 15.6 Å². The van der Waals surface area contributed by atoms with Crippen LogP contribution in [0.2, 0.25) is 0 Å². The van der Waals surface area contributed by atoms with Crippen molar-refractivity contribution in [3.63, 3.8) is 0 Å². The van der Waals surface area contributed by atoms with Crippen molar-refractivity contribution in [2.24, 2.45) is 5.10 Å². The van der Waals surface area contributed by atoms with Gasteiger partial charge in [-0.15, -0.1) is 0 Å². The van der Waals surface area contributed by atoms with Crippen LogP contribution in [0.4, 0.5) is 23.5 Å². The second kappa shape index (κ2) is 9.84. The Hall–Kier alpha value is -3.04. The van der Waals surface area contributed by atoms with E-state index < -0.39 is 0 Å². The zero-order chi connectivity index (χ0) is 21.6. The zero-order valence-electron chi connectivity index (χ0n) is 17.5. The number of hydrazone groups is 1. The van der Waals surface area contributed by atoms with E-state index >= 15 is 0 Å². The molecule has 1 aromatic heterocycles. The fourth-order valence-electron chi connectivity index (χ4n) is 3.03. The van der Waals surface area contributed by atoms with Crippen molar-refractivity contribution in [1.82, 2.24) is 15.0 Å². The quantitative estimate of drug-likeness (QED) is 0.399. The maximum atomic E-state index is 5.46. The van der Waals surface area contributed by atoms with Crippen LogP contribution in [0.15, 0.2) is 58.1 Å². The molecular formula is C22H24BrN7O. The predicted molar refractivity (Wildman–Crippen MR) is 127 cm³/mol. The highest BCUT2D eigenvalue weighted by Crippen LogP contribution is 2.19. The molecule has 1 aliphatic rings. The lowest BCUT2D eigenvalue weighted by molar-refractivity contribution is 0.122. The third kappa shape index (κ3) is 5.77. The Bertz CT molecular complexity index is 1050. The highest BCUT2D eigenvalue weighted by Gasteiger charge is 2.17. The summed E-state index contributed by atoms with van der Waals surface area (Å²) in [4.78, 5) is 15.8. The van der Waals surface area contributed by atoms with E-state index in [0.29, 0.717) is 31.1 Å². The average molecular weight is 482 g/mol. The number of morpholine rings is 1. The van der Waals surface area contributed by atoms with Crippen molar-refractivity contribution < 1.29 is 4.74 Å². The molecule has 0 radical (unpaired) electrons. The number of hydrogen-bond donors (Lipinski definition) is 2. The van der Waals surface area contributed by atoms with Gasteiger partial charge in [0.05, 0.1) is 18.9 Å². The van der Waals surface area contributed by atoms with Crippen LogP contribution in [-0.4, -0.2) is 47.0 Å². The molecular weight excluding hydrogens is 458 g/mol. The number of nitrogens with one attached hydrogen (secondary N) is 2. The first-order valence-electron chi connectivity index (χ1n) is 10.1. The summed E-state index contributed by atoms with van der Waals surface area (Å²) in [6.07, 6.45) is 0. The number of ether oxygens (including phenoxy) is 1. The largest absolute Gasteiger partial charge is 0.378 e. The molecule has 2 N–H and O–H groups in total. The molecule has 0 aliphatic carbocycles. The van der Waals surface area contributed by atoms with Crippen molar-refractivity contribution in [1.29, 1.82) is 0 Å². The van der Waals surface area contributed by atoms with Gasteiger partial charge < -0.3 is 15.0 Å². The first-order chi connectivity index (χ1) is 15.1. The number of benzene rings is 2. The van der Waals surface area contributed by atoms with Crippen molar-refractivity contribution in [3.8, 4) is 0 Å². The lowest BCUT2D eigenvalue weighted by Crippen LogP contribution is -2.37. The molecule has 3 aromatic rings. The summed E-state index contributed by atoms with van der Waals surface area (Å²) in [6.45, 7) is 6.75. The Morgan fingerprint density at radius 3 is 2.35 bits per heavy atom. The van der Waals surface area contributed by atoms with Crippen LogP contribution in [0.5, 0.6) is 0 Å². The number of anilines is 4. The van der Waals surface area contributed by atoms with E-state index in [0.717, 1.165) is 34.5 Å². The molecule has 8 nitrogen and oxygen atoms in total. The number of nitrogens with zero attached hydrogens (tertiary/aromatic N) is 5. The molecule has 160 valence electrons. The van der Waals surface area contributed by atoms with Gasteiger partial charge in [-0.05, 0) is 43.7 Å². The van der Waals surface area contributed by atoms with E-state index in [2.05, 4.69) is 58.5 Å². The van der Waals surface area contributed by atoms with Crippen molar-refractivity contribution >= 4 is 45.2 Å². The van der Waals surface area contributed by atoms with Gasteiger partial charge in [-0.25, -0.2) is 5.43 Å². The third-order valence-corrected chi connectivity index (χ3v) is 5.34. The number of hydrogen-bond acceptors (Lipinski definition) is 8. The van der Waals surface area contributed by atoms with Gasteiger partial charge in [-0.1, -0.05) is 45.8 Å². The molecule has 4 rings (SSSR count). The Balaban J connectivity index is 1.59. The van der Waals surface area contributed by atoms with E-state index in [9.17, 15) is 0 Å². The van der Waals surface area contributed by atoms with Crippen LogP contribution in [-0.2, 0) is 4.74 Å². The average Bonchev–Trinajstić information content (AvgIpc) is 2.80. The van der Waals surface area contributed by atoms with Crippen molar-refractivity contribution in [2.45, 2.75) is 13.8 Å². The summed E-state index contributed by atoms with van der Waals surface area (Å²) >= 11 is 3.45. The molecule has 0 spiro atoms. The van der Waals surface area contributed by atoms with Crippen molar-refractivity contribution in [3.05, 3.63) is 64.1 Å². The van der Waals surface area contributed by atoms with Gasteiger partial charge >= 0.3 is 0 Å². The topological polar surface area (TPSA) is 87.6 Å². The number of halogens is 1. The van der Waals surface area contributed by atoms with Gasteiger partial charge in [0.1, 0.15) is 0 Å². The van der Waals surface area contributed by atoms with E-state index in [1.54, 1.807) is 0 Å². The lowest BCUT2D eigenvalue weighted by atomic mass is 10.1. The molecule has 0 saturated carbocycles. The van der Waals surface area contributed by atoms with Crippen molar-refractivity contribution in [2.75, 3.05) is 41.9 Å². The highest BCUT2D eigenvalue weighted by molar-refractivity contribution is 9.10. The molecule has 0 atom stereocenters. The van der Waals surface area contributed by atoms with Gasteiger partial charge in [-0.2, -0.15) is 20.1 Å². The smallest absolute Gasteiger partial charge is 0.250 e. The fraction of sp³-hybridized carbons (Fsp3) is 0.273. The van der Waals surface area contributed by atoms with Gasteiger partial charge in [0.15, 0.2) is 0 Å². The van der Waals surface area contributed by atoms with E-state index in [1.165, 1.54) is 5.56 Å². The molecule has 1 aliphatic heterocycles.